The molecule has 33 heavy (non-hydrogen) atoms. The largest absolute Gasteiger partial charge is 0.378 e. The van der Waals surface area contributed by atoms with Crippen molar-refractivity contribution in [2.75, 3.05) is 42.3 Å². The van der Waals surface area contributed by atoms with Crippen molar-refractivity contribution in [1.82, 2.24) is 5.32 Å². The third-order valence-corrected chi connectivity index (χ3v) is 6.03. The van der Waals surface area contributed by atoms with Crippen LogP contribution in [-0.2, 0) is 16.0 Å². The number of hydrogen-bond donors (Lipinski definition) is 2. The molecule has 0 aliphatic carbocycles. The first-order valence-corrected chi connectivity index (χ1v) is 11.2. The van der Waals surface area contributed by atoms with E-state index in [0.29, 0.717) is 12.2 Å². The molecule has 0 bridgehead atoms. The lowest BCUT2D eigenvalue weighted by Crippen LogP contribution is -2.41. The zero-order valence-electron chi connectivity index (χ0n) is 19.3. The predicted molar refractivity (Wildman–Crippen MR) is 134 cm³/mol. The Morgan fingerprint density at radius 3 is 2.45 bits per heavy atom. The highest BCUT2D eigenvalue weighted by molar-refractivity contribution is 6.39. The van der Waals surface area contributed by atoms with Crippen LogP contribution in [-0.4, -0.2) is 39.0 Å². The van der Waals surface area contributed by atoms with E-state index in [-0.39, 0.29) is 6.04 Å². The minimum atomic E-state index is -0.663. The van der Waals surface area contributed by atoms with Crippen molar-refractivity contribution in [1.29, 1.82) is 0 Å². The normalized spacial score (nSPS) is 13.2. The van der Waals surface area contributed by atoms with Crippen LogP contribution < -0.4 is 20.4 Å². The zero-order chi connectivity index (χ0) is 23.4. The fourth-order valence-corrected chi connectivity index (χ4v) is 4.27. The highest BCUT2D eigenvalue weighted by Crippen LogP contribution is 2.35. The predicted octanol–water partition coefficient (Wildman–Crippen LogP) is 3.92. The monoisotopic (exact) mass is 442 g/mol. The van der Waals surface area contributed by atoms with Gasteiger partial charge < -0.3 is 20.4 Å². The summed E-state index contributed by atoms with van der Waals surface area (Å²) >= 11 is 0. The van der Waals surface area contributed by atoms with Crippen molar-refractivity contribution in [3.05, 3.63) is 89.5 Å². The van der Waals surface area contributed by atoms with Gasteiger partial charge in [-0.3, -0.25) is 9.59 Å². The van der Waals surface area contributed by atoms with Gasteiger partial charge in [-0.1, -0.05) is 42.5 Å². The molecule has 0 saturated carbocycles. The number of fused-ring (bicyclic) bond motifs is 1. The molecule has 2 amide bonds. The smallest absolute Gasteiger partial charge is 0.313 e. The number of para-hydroxylation sites is 1. The van der Waals surface area contributed by atoms with Gasteiger partial charge in [-0.2, -0.15) is 0 Å². The van der Waals surface area contributed by atoms with E-state index in [4.69, 9.17) is 0 Å². The first-order chi connectivity index (χ1) is 15.9. The molecule has 3 aromatic rings. The van der Waals surface area contributed by atoms with Gasteiger partial charge in [-0.15, -0.1) is 0 Å². The minimum absolute atomic E-state index is 0.0828. The van der Waals surface area contributed by atoms with Crippen LogP contribution in [0.1, 0.15) is 22.7 Å². The number of amides is 2. The molecule has 170 valence electrons. The fourth-order valence-electron chi connectivity index (χ4n) is 4.27. The molecule has 4 rings (SSSR count). The molecule has 1 heterocycles. The Morgan fingerprint density at radius 1 is 0.970 bits per heavy atom. The molecule has 1 atom stereocenters. The van der Waals surface area contributed by atoms with Gasteiger partial charge in [-0.25, -0.2) is 0 Å². The van der Waals surface area contributed by atoms with E-state index >= 15 is 0 Å². The molecule has 0 spiro atoms. The Kier molecular flexibility index (Phi) is 6.63. The first-order valence-electron chi connectivity index (χ1n) is 11.2. The summed E-state index contributed by atoms with van der Waals surface area (Å²) in [4.78, 5) is 29.5. The van der Waals surface area contributed by atoms with E-state index in [0.717, 1.165) is 29.8 Å². The molecule has 0 radical (unpaired) electrons. The SMILES string of the molecule is Cc1cccc(NC(=O)C(=O)NCC(c2ccc(N(C)C)cc2)N2CCc3ccccc32)c1. The summed E-state index contributed by atoms with van der Waals surface area (Å²) in [5.74, 6) is -1.30. The van der Waals surface area contributed by atoms with E-state index in [1.807, 2.05) is 45.3 Å². The number of hydrogen-bond acceptors (Lipinski definition) is 4. The molecule has 1 aliphatic heterocycles. The molecular formula is C27H30N4O2. The van der Waals surface area contributed by atoms with Gasteiger partial charge in [0.2, 0.25) is 0 Å². The van der Waals surface area contributed by atoms with Gasteiger partial charge in [0.25, 0.3) is 0 Å². The Hall–Kier alpha value is -3.80. The van der Waals surface area contributed by atoms with Crippen molar-refractivity contribution in [2.45, 2.75) is 19.4 Å². The number of rotatable bonds is 6. The van der Waals surface area contributed by atoms with E-state index in [2.05, 4.69) is 62.9 Å². The molecule has 0 saturated heterocycles. The Balaban J connectivity index is 1.51. The minimum Gasteiger partial charge on any atom is -0.378 e. The van der Waals surface area contributed by atoms with Crippen LogP contribution in [0.15, 0.2) is 72.8 Å². The molecule has 1 aliphatic rings. The van der Waals surface area contributed by atoms with E-state index in [1.54, 1.807) is 6.07 Å². The lowest BCUT2D eigenvalue weighted by atomic mass is 10.0. The van der Waals surface area contributed by atoms with Gasteiger partial charge >= 0.3 is 11.8 Å². The average molecular weight is 443 g/mol. The standard InChI is InChI=1S/C27H30N4O2/c1-19-7-6-9-22(17-19)29-27(33)26(32)28-18-25(21-11-13-23(14-12-21)30(2)3)31-16-15-20-8-4-5-10-24(20)31/h4-14,17,25H,15-16,18H2,1-3H3,(H,28,32)(H,29,33). The fraction of sp³-hybridized carbons (Fsp3) is 0.259. The van der Waals surface area contributed by atoms with Gasteiger partial charge in [0.05, 0.1) is 6.04 Å². The summed E-state index contributed by atoms with van der Waals surface area (Å²) in [6.45, 7) is 3.14. The number of benzene rings is 3. The number of nitrogens with zero attached hydrogens (tertiary/aromatic N) is 2. The van der Waals surface area contributed by atoms with Gasteiger partial charge in [0, 0.05) is 44.2 Å². The summed E-state index contributed by atoms with van der Waals surface area (Å²) in [6.07, 6.45) is 0.963. The number of nitrogens with one attached hydrogen (secondary N) is 2. The maximum atomic E-state index is 12.6. The Morgan fingerprint density at radius 2 is 1.73 bits per heavy atom. The van der Waals surface area contributed by atoms with Gasteiger partial charge in [0.15, 0.2) is 0 Å². The number of carbonyl (C=O) groups is 2. The molecule has 3 aromatic carbocycles. The summed E-state index contributed by atoms with van der Waals surface area (Å²) in [7, 11) is 4.02. The second-order valence-electron chi connectivity index (χ2n) is 8.61. The molecule has 1 unspecified atom stereocenters. The van der Waals surface area contributed by atoms with Crippen LogP contribution >= 0.6 is 0 Å². The highest BCUT2D eigenvalue weighted by Gasteiger charge is 2.28. The summed E-state index contributed by atoms with van der Waals surface area (Å²) in [5.41, 5.74) is 6.31. The Bertz CT molecular complexity index is 1140. The van der Waals surface area contributed by atoms with Crippen molar-refractivity contribution in [3.63, 3.8) is 0 Å². The third-order valence-electron chi connectivity index (χ3n) is 6.03. The molecule has 6 nitrogen and oxygen atoms in total. The van der Waals surface area contributed by atoms with Crippen molar-refractivity contribution in [3.8, 4) is 0 Å². The second-order valence-corrected chi connectivity index (χ2v) is 8.61. The highest BCUT2D eigenvalue weighted by atomic mass is 16.2. The van der Waals surface area contributed by atoms with Crippen molar-refractivity contribution < 1.29 is 9.59 Å². The molecule has 0 aromatic heterocycles. The van der Waals surface area contributed by atoms with Crippen LogP contribution in [0, 0.1) is 6.92 Å². The molecule has 2 N–H and O–H groups in total. The topological polar surface area (TPSA) is 64.7 Å². The lowest BCUT2D eigenvalue weighted by Gasteiger charge is -2.31. The summed E-state index contributed by atoms with van der Waals surface area (Å²) in [5, 5.41) is 5.54. The van der Waals surface area contributed by atoms with Gasteiger partial charge in [-0.05, 0) is 60.4 Å². The van der Waals surface area contributed by atoms with Crippen molar-refractivity contribution >= 4 is 28.9 Å². The number of carbonyl (C=O) groups excluding carboxylic acids is 2. The molecule has 0 fully saturated rings. The number of anilines is 3. The Labute approximate surface area is 195 Å². The van der Waals surface area contributed by atoms with Crippen molar-refractivity contribution in [2.24, 2.45) is 0 Å². The number of aryl methyl sites for hydroxylation is 1. The van der Waals surface area contributed by atoms with E-state index < -0.39 is 11.8 Å². The van der Waals surface area contributed by atoms with E-state index in [1.165, 1.54) is 11.3 Å². The quantitative estimate of drug-likeness (QED) is 0.568. The van der Waals surface area contributed by atoms with Crippen LogP contribution in [0.3, 0.4) is 0 Å². The first kappa shape index (κ1) is 22.4. The van der Waals surface area contributed by atoms with Crippen LogP contribution in [0.4, 0.5) is 17.1 Å². The van der Waals surface area contributed by atoms with Crippen LogP contribution in [0.2, 0.25) is 0 Å². The maximum absolute atomic E-state index is 12.6. The second kappa shape index (κ2) is 9.77. The zero-order valence-corrected chi connectivity index (χ0v) is 19.3. The molecule has 6 heteroatoms. The summed E-state index contributed by atoms with van der Waals surface area (Å²) < 4.78 is 0. The lowest BCUT2D eigenvalue weighted by molar-refractivity contribution is -0.136. The maximum Gasteiger partial charge on any atom is 0.313 e. The summed E-state index contributed by atoms with van der Waals surface area (Å²) in [6, 6.07) is 24.0. The van der Waals surface area contributed by atoms with E-state index in [9.17, 15) is 9.59 Å². The average Bonchev–Trinajstić information content (AvgIpc) is 3.23. The van der Waals surface area contributed by atoms with Gasteiger partial charge in [0.1, 0.15) is 0 Å². The molecular weight excluding hydrogens is 412 g/mol. The third kappa shape index (κ3) is 5.17. The van der Waals surface area contributed by atoms with Crippen LogP contribution in [0.25, 0.3) is 0 Å². The van der Waals surface area contributed by atoms with Crippen LogP contribution in [0.5, 0.6) is 0 Å².